The van der Waals surface area contributed by atoms with Crippen molar-refractivity contribution in [1.82, 2.24) is 20.3 Å². The third-order valence-electron chi connectivity index (χ3n) is 4.50. The Labute approximate surface area is 190 Å². The number of fused-ring (bicyclic) bond motifs is 1. The number of nitrogens with zero attached hydrogens (tertiary/aromatic N) is 3. The summed E-state index contributed by atoms with van der Waals surface area (Å²) in [4.78, 5) is 23.6. The number of benzene rings is 2. The fourth-order valence-corrected chi connectivity index (χ4v) is 3.09. The van der Waals surface area contributed by atoms with Crippen LogP contribution in [0.1, 0.15) is 11.1 Å². The molecule has 0 aliphatic carbocycles. The summed E-state index contributed by atoms with van der Waals surface area (Å²) in [6.07, 6.45) is 4.90. The lowest BCUT2D eigenvalue weighted by Gasteiger charge is -2.12. The van der Waals surface area contributed by atoms with Gasteiger partial charge in [-0.2, -0.15) is 0 Å². The molecule has 0 fully saturated rings. The molecule has 2 N–H and O–H groups in total. The standard InChI is InChI=1S/C24H19N5O2S/c1-16-12-18(7-9-22(16)31-19-5-3-10-25-14-19)29-23-20-13-17(4-2-11-26-24(30)32)6-8-21(20)27-15-28-23/h3,5-10,12-15H,11H2,1H3,(H2,26,30,32)(H,27,28,29). The van der Waals surface area contributed by atoms with Crippen LogP contribution in [-0.4, -0.2) is 26.7 Å². The quantitative estimate of drug-likeness (QED) is 0.303. The molecule has 0 radical (unpaired) electrons. The largest absolute Gasteiger partial charge is 0.455 e. The average molecular weight is 442 g/mol. The molecule has 2 aromatic heterocycles. The van der Waals surface area contributed by atoms with E-state index in [4.69, 9.17) is 4.74 Å². The second-order valence-electron chi connectivity index (χ2n) is 6.81. The van der Waals surface area contributed by atoms with Gasteiger partial charge in [-0.1, -0.05) is 24.5 Å². The van der Waals surface area contributed by atoms with Crippen LogP contribution < -0.4 is 15.4 Å². The molecule has 2 heterocycles. The highest BCUT2D eigenvalue weighted by Crippen LogP contribution is 2.29. The minimum absolute atomic E-state index is 0.226. The highest BCUT2D eigenvalue weighted by atomic mass is 32.1. The zero-order chi connectivity index (χ0) is 22.3. The van der Waals surface area contributed by atoms with Gasteiger partial charge in [0.2, 0.25) is 0 Å². The molecule has 0 aliphatic heterocycles. The van der Waals surface area contributed by atoms with Crippen LogP contribution in [-0.2, 0) is 0 Å². The topological polar surface area (TPSA) is 89.0 Å². The van der Waals surface area contributed by atoms with Gasteiger partial charge in [0.1, 0.15) is 23.6 Å². The number of rotatable bonds is 5. The van der Waals surface area contributed by atoms with Crippen LogP contribution in [0.2, 0.25) is 0 Å². The number of hydrogen-bond donors (Lipinski definition) is 3. The molecule has 0 aliphatic rings. The highest BCUT2D eigenvalue weighted by molar-refractivity contribution is 7.96. The van der Waals surface area contributed by atoms with Crippen molar-refractivity contribution in [1.29, 1.82) is 0 Å². The second kappa shape index (κ2) is 9.81. The Balaban J connectivity index is 1.56. The van der Waals surface area contributed by atoms with E-state index < -0.39 is 5.24 Å². The maximum Gasteiger partial charge on any atom is 0.276 e. The number of aryl methyl sites for hydroxylation is 1. The summed E-state index contributed by atoms with van der Waals surface area (Å²) in [5.74, 6) is 8.01. The SMILES string of the molecule is Cc1cc(Nc2ncnc3ccc(C#CCNC(=O)S)cc23)ccc1Oc1cccnc1. The van der Waals surface area contributed by atoms with E-state index in [0.29, 0.717) is 11.6 Å². The number of hydrogen-bond acceptors (Lipinski definition) is 6. The Kier molecular flexibility index (Phi) is 6.49. The van der Waals surface area contributed by atoms with Gasteiger partial charge < -0.3 is 15.4 Å². The third-order valence-corrected chi connectivity index (χ3v) is 4.65. The summed E-state index contributed by atoms with van der Waals surface area (Å²) in [5, 5.41) is 6.30. The van der Waals surface area contributed by atoms with Gasteiger partial charge in [0.05, 0.1) is 18.3 Å². The molecule has 4 rings (SSSR count). The van der Waals surface area contributed by atoms with Gasteiger partial charge in [0.15, 0.2) is 0 Å². The summed E-state index contributed by atoms with van der Waals surface area (Å²) < 4.78 is 5.90. The molecule has 0 saturated carbocycles. The average Bonchev–Trinajstić information content (AvgIpc) is 2.79. The Hall–Kier alpha value is -4.09. The molecule has 32 heavy (non-hydrogen) atoms. The van der Waals surface area contributed by atoms with Crippen LogP contribution >= 0.6 is 12.6 Å². The number of aromatic nitrogens is 3. The summed E-state index contributed by atoms with van der Waals surface area (Å²) in [5.41, 5.74) is 3.43. The van der Waals surface area contributed by atoms with Crippen LogP contribution in [0.3, 0.4) is 0 Å². The number of ether oxygens (including phenoxy) is 1. The molecule has 1 amide bonds. The Morgan fingerprint density at radius 1 is 1.16 bits per heavy atom. The molecule has 4 aromatic rings. The number of pyridine rings is 1. The van der Waals surface area contributed by atoms with Gasteiger partial charge in [-0.05, 0) is 61.0 Å². The van der Waals surface area contributed by atoms with Crippen LogP contribution in [0.15, 0.2) is 67.3 Å². The first-order valence-corrected chi connectivity index (χ1v) is 10.2. The molecule has 158 valence electrons. The molecule has 0 atom stereocenters. The van der Waals surface area contributed by atoms with Gasteiger partial charge in [0, 0.05) is 22.8 Å². The summed E-state index contributed by atoms with van der Waals surface area (Å²) in [6, 6.07) is 15.2. The Morgan fingerprint density at radius 3 is 2.84 bits per heavy atom. The molecule has 0 spiro atoms. The van der Waals surface area contributed by atoms with Gasteiger partial charge in [-0.3, -0.25) is 9.78 Å². The first kappa shape index (κ1) is 21.2. The van der Waals surface area contributed by atoms with E-state index in [2.05, 4.69) is 50.1 Å². The number of nitrogens with one attached hydrogen (secondary N) is 2. The number of thiol groups is 1. The van der Waals surface area contributed by atoms with Crippen molar-refractivity contribution in [2.45, 2.75) is 6.92 Å². The van der Waals surface area contributed by atoms with Crippen molar-refractivity contribution in [3.05, 3.63) is 78.4 Å². The van der Waals surface area contributed by atoms with Crippen molar-refractivity contribution < 1.29 is 9.53 Å². The van der Waals surface area contributed by atoms with E-state index in [1.54, 1.807) is 12.4 Å². The van der Waals surface area contributed by atoms with E-state index in [-0.39, 0.29) is 6.54 Å². The fourth-order valence-electron chi connectivity index (χ4n) is 3.01. The lowest BCUT2D eigenvalue weighted by Crippen LogP contribution is -2.16. The van der Waals surface area contributed by atoms with E-state index in [9.17, 15) is 4.79 Å². The molecule has 0 unspecified atom stereocenters. The normalized spacial score (nSPS) is 10.2. The van der Waals surface area contributed by atoms with E-state index in [1.165, 1.54) is 6.33 Å². The van der Waals surface area contributed by atoms with Crippen LogP contribution in [0.4, 0.5) is 16.3 Å². The van der Waals surface area contributed by atoms with E-state index in [0.717, 1.165) is 33.5 Å². The van der Waals surface area contributed by atoms with Crippen LogP contribution in [0.5, 0.6) is 11.5 Å². The Morgan fingerprint density at radius 2 is 2.06 bits per heavy atom. The minimum Gasteiger partial charge on any atom is -0.455 e. The first-order valence-electron chi connectivity index (χ1n) is 9.74. The van der Waals surface area contributed by atoms with Gasteiger partial charge in [-0.25, -0.2) is 9.97 Å². The molecular weight excluding hydrogens is 422 g/mol. The van der Waals surface area contributed by atoms with Crippen LogP contribution in [0.25, 0.3) is 10.9 Å². The zero-order valence-corrected chi connectivity index (χ0v) is 18.1. The van der Waals surface area contributed by atoms with Gasteiger partial charge in [-0.15, -0.1) is 0 Å². The third kappa shape index (κ3) is 5.33. The smallest absolute Gasteiger partial charge is 0.276 e. The first-order chi connectivity index (χ1) is 15.6. The van der Waals surface area contributed by atoms with Gasteiger partial charge in [0.25, 0.3) is 5.24 Å². The monoisotopic (exact) mass is 441 g/mol. The second-order valence-corrected chi connectivity index (χ2v) is 7.22. The molecule has 0 saturated heterocycles. The van der Waals surface area contributed by atoms with Crippen molar-refractivity contribution in [3.8, 4) is 23.3 Å². The number of anilines is 2. The summed E-state index contributed by atoms with van der Waals surface area (Å²) in [7, 11) is 0. The maximum absolute atomic E-state index is 10.8. The predicted molar refractivity (Wildman–Crippen MR) is 128 cm³/mol. The van der Waals surface area contributed by atoms with Crippen molar-refractivity contribution in [2.24, 2.45) is 0 Å². The van der Waals surface area contributed by atoms with Gasteiger partial charge >= 0.3 is 0 Å². The predicted octanol–water partition coefficient (Wildman–Crippen LogP) is 4.86. The van der Waals surface area contributed by atoms with E-state index >= 15 is 0 Å². The van der Waals surface area contributed by atoms with E-state index in [1.807, 2.05) is 55.5 Å². The number of carbonyl (C=O) groups excluding carboxylic acids is 1. The molecule has 0 bridgehead atoms. The maximum atomic E-state index is 10.8. The molecule has 8 heteroatoms. The molecular formula is C24H19N5O2S. The molecule has 7 nitrogen and oxygen atoms in total. The van der Waals surface area contributed by atoms with Crippen molar-refractivity contribution >= 4 is 40.3 Å². The van der Waals surface area contributed by atoms with Crippen LogP contribution in [0, 0.1) is 18.8 Å². The minimum atomic E-state index is -0.412. The molecule has 2 aromatic carbocycles. The van der Waals surface area contributed by atoms with Crippen molar-refractivity contribution in [2.75, 3.05) is 11.9 Å². The fraction of sp³-hybridized carbons (Fsp3) is 0.0833. The lowest BCUT2D eigenvalue weighted by molar-refractivity contribution is 0.262. The number of amides is 1. The zero-order valence-electron chi connectivity index (χ0n) is 17.2. The lowest BCUT2D eigenvalue weighted by atomic mass is 10.1. The highest BCUT2D eigenvalue weighted by Gasteiger charge is 2.08. The van der Waals surface area contributed by atoms with Crippen molar-refractivity contribution in [3.63, 3.8) is 0 Å². The summed E-state index contributed by atoms with van der Waals surface area (Å²) in [6.45, 7) is 2.20. The number of carbonyl (C=O) groups is 1. The summed E-state index contributed by atoms with van der Waals surface area (Å²) >= 11 is 3.65. The Bertz CT molecular complexity index is 1330.